The summed E-state index contributed by atoms with van der Waals surface area (Å²) in [6.45, 7) is 1.89. The Hall–Kier alpha value is 0.340. The monoisotopic (exact) mass is 445 g/mol. The predicted octanol–water partition coefficient (Wildman–Crippen LogP) is 3.62. The number of thiophene rings is 1. The van der Waals surface area contributed by atoms with Crippen molar-refractivity contribution < 1.29 is 0 Å². The van der Waals surface area contributed by atoms with E-state index in [0.29, 0.717) is 0 Å². The first kappa shape index (κ1) is 18.4. The molecule has 2 heterocycles. The Morgan fingerprint density at radius 2 is 2.30 bits per heavy atom. The molecule has 3 nitrogen and oxygen atoms in total. The highest BCUT2D eigenvalue weighted by Gasteiger charge is 2.15. The van der Waals surface area contributed by atoms with Crippen molar-refractivity contribution in [2.45, 2.75) is 24.5 Å². The molecule has 2 N–H and O–H groups in total. The van der Waals surface area contributed by atoms with E-state index in [0.717, 1.165) is 35.1 Å². The summed E-state index contributed by atoms with van der Waals surface area (Å²) in [6, 6.07) is 4.03. The van der Waals surface area contributed by atoms with Crippen molar-refractivity contribution in [3.8, 4) is 0 Å². The zero-order chi connectivity index (χ0) is 13.5. The smallest absolute Gasteiger partial charge is 0.191 e. The molecule has 0 radical (unpaired) electrons. The van der Waals surface area contributed by atoms with E-state index in [-0.39, 0.29) is 24.0 Å². The summed E-state index contributed by atoms with van der Waals surface area (Å²) in [5.41, 5.74) is 0. The van der Waals surface area contributed by atoms with Crippen molar-refractivity contribution in [2.24, 2.45) is 4.99 Å². The Morgan fingerprint density at radius 1 is 1.45 bits per heavy atom. The first-order valence-electron chi connectivity index (χ1n) is 6.58. The highest BCUT2D eigenvalue weighted by Crippen LogP contribution is 2.25. The second-order valence-corrected chi connectivity index (χ2v) is 7.68. The van der Waals surface area contributed by atoms with Crippen LogP contribution < -0.4 is 10.6 Å². The Morgan fingerprint density at radius 3 is 2.90 bits per heavy atom. The van der Waals surface area contributed by atoms with Crippen molar-refractivity contribution in [2.75, 3.05) is 25.9 Å². The Kier molecular flexibility index (Phi) is 9.31. The van der Waals surface area contributed by atoms with Crippen LogP contribution >= 0.6 is 58.7 Å². The molecule has 0 aliphatic carbocycles. The minimum Gasteiger partial charge on any atom is -0.356 e. The van der Waals surface area contributed by atoms with E-state index in [4.69, 9.17) is 11.6 Å². The van der Waals surface area contributed by atoms with E-state index < -0.39 is 0 Å². The molecule has 1 unspecified atom stereocenters. The van der Waals surface area contributed by atoms with Crippen LogP contribution in [-0.4, -0.2) is 37.1 Å². The van der Waals surface area contributed by atoms with Gasteiger partial charge in [0.1, 0.15) is 0 Å². The van der Waals surface area contributed by atoms with E-state index in [1.807, 2.05) is 13.1 Å². The third-order valence-corrected chi connectivity index (χ3v) is 5.73. The normalized spacial score (nSPS) is 18.7. The number of nitrogens with one attached hydrogen (secondary N) is 2. The van der Waals surface area contributed by atoms with E-state index in [2.05, 4.69) is 33.5 Å². The number of guanidine groups is 1. The van der Waals surface area contributed by atoms with Gasteiger partial charge in [-0.2, -0.15) is 11.8 Å². The number of nitrogens with zero attached hydrogens (tertiary/aromatic N) is 1. The van der Waals surface area contributed by atoms with Gasteiger partial charge in [-0.15, -0.1) is 35.3 Å². The van der Waals surface area contributed by atoms with Gasteiger partial charge >= 0.3 is 0 Å². The maximum atomic E-state index is 5.91. The van der Waals surface area contributed by atoms with Crippen LogP contribution in [0, 0.1) is 0 Å². The van der Waals surface area contributed by atoms with Crippen LogP contribution in [0.5, 0.6) is 0 Å². The maximum absolute atomic E-state index is 5.91. The summed E-state index contributed by atoms with van der Waals surface area (Å²) in [7, 11) is 1.82. The lowest BCUT2D eigenvalue weighted by Gasteiger charge is -2.14. The van der Waals surface area contributed by atoms with Gasteiger partial charge in [-0.25, -0.2) is 0 Å². The zero-order valence-corrected chi connectivity index (χ0v) is 16.2. The lowest BCUT2D eigenvalue weighted by Crippen LogP contribution is -2.40. The molecule has 0 bridgehead atoms. The molecule has 1 aliphatic heterocycles. The highest BCUT2D eigenvalue weighted by atomic mass is 127. The number of halogens is 2. The average Bonchev–Trinajstić information content (AvgIpc) is 3.05. The van der Waals surface area contributed by atoms with Gasteiger partial charge in [0.05, 0.1) is 4.34 Å². The molecule has 0 aromatic carbocycles. The van der Waals surface area contributed by atoms with Crippen molar-refractivity contribution >= 4 is 64.6 Å². The molecule has 114 valence electrons. The first-order chi connectivity index (χ1) is 9.28. The fraction of sp³-hybridized carbons (Fsp3) is 0.615. The Balaban J connectivity index is 0.00000200. The second-order valence-electron chi connectivity index (χ2n) is 4.47. The lowest BCUT2D eigenvalue weighted by atomic mass is 10.2. The van der Waals surface area contributed by atoms with Crippen LogP contribution in [0.15, 0.2) is 17.1 Å². The number of rotatable bonds is 5. The van der Waals surface area contributed by atoms with Crippen LogP contribution in [0.4, 0.5) is 0 Å². The molecule has 0 amide bonds. The fourth-order valence-corrected chi connectivity index (χ4v) is 4.31. The van der Waals surface area contributed by atoms with Gasteiger partial charge in [0, 0.05) is 30.3 Å². The van der Waals surface area contributed by atoms with Crippen molar-refractivity contribution in [1.29, 1.82) is 0 Å². The third-order valence-electron chi connectivity index (χ3n) is 3.04. The number of hydrogen-bond acceptors (Lipinski definition) is 3. The largest absolute Gasteiger partial charge is 0.356 e. The first-order valence-corrected chi connectivity index (χ1v) is 8.82. The zero-order valence-electron chi connectivity index (χ0n) is 11.5. The molecule has 2 rings (SSSR count). The van der Waals surface area contributed by atoms with Crippen molar-refractivity contribution in [1.82, 2.24) is 10.6 Å². The van der Waals surface area contributed by atoms with E-state index in [1.165, 1.54) is 23.5 Å². The molecule has 7 heteroatoms. The van der Waals surface area contributed by atoms with E-state index in [9.17, 15) is 0 Å². The van der Waals surface area contributed by atoms with Crippen molar-refractivity contribution in [3.05, 3.63) is 21.3 Å². The van der Waals surface area contributed by atoms with Crippen molar-refractivity contribution in [3.63, 3.8) is 0 Å². The number of aliphatic imine (C=N–C) groups is 1. The molecule has 1 aromatic rings. The minimum atomic E-state index is 0. The third kappa shape index (κ3) is 6.41. The summed E-state index contributed by atoms with van der Waals surface area (Å²) in [6.07, 6.45) is 3.65. The summed E-state index contributed by atoms with van der Waals surface area (Å²) < 4.78 is 0.857. The van der Waals surface area contributed by atoms with Crippen LogP contribution in [0.3, 0.4) is 0 Å². The van der Waals surface area contributed by atoms with Gasteiger partial charge in [-0.05, 0) is 37.1 Å². The SMILES string of the molecule is CN=C(NCCc1ccc(Cl)s1)NCC1CCCS1.I. The Labute approximate surface area is 151 Å². The standard InChI is InChI=1S/C13H20ClN3S2.HI/c1-15-13(17-9-11-3-2-8-18-11)16-7-6-10-4-5-12(14)19-10;/h4-5,11H,2-3,6-9H2,1H3,(H2,15,16,17);1H. The van der Waals surface area contributed by atoms with E-state index >= 15 is 0 Å². The quantitative estimate of drug-likeness (QED) is 0.413. The molecule has 0 spiro atoms. The fourth-order valence-electron chi connectivity index (χ4n) is 2.03. The molecular weight excluding hydrogens is 425 g/mol. The summed E-state index contributed by atoms with van der Waals surface area (Å²) in [5.74, 6) is 2.20. The van der Waals surface area contributed by atoms with Gasteiger partial charge in [0.15, 0.2) is 5.96 Å². The molecule has 1 saturated heterocycles. The molecule has 1 fully saturated rings. The van der Waals surface area contributed by atoms with Crippen LogP contribution in [0.2, 0.25) is 4.34 Å². The molecular formula is C13H21ClIN3S2. The summed E-state index contributed by atoms with van der Waals surface area (Å²) in [5, 5.41) is 7.49. The van der Waals surface area contributed by atoms with Gasteiger partial charge < -0.3 is 10.6 Å². The highest BCUT2D eigenvalue weighted by molar-refractivity contribution is 14.0. The molecule has 1 atom stereocenters. The summed E-state index contributed by atoms with van der Waals surface area (Å²) >= 11 is 9.61. The topological polar surface area (TPSA) is 36.4 Å². The van der Waals surface area contributed by atoms with Crippen LogP contribution in [0.25, 0.3) is 0 Å². The lowest BCUT2D eigenvalue weighted by molar-refractivity contribution is 0.725. The second kappa shape index (κ2) is 10.1. The Bertz CT molecular complexity index is 420. The number of hydrogen-bond donors (Lipinski definition) is 2. The van der Waals surface area contributed by atoms with Crippen LogP contribution in [0.1, 0.15) is 17.7 Å². The summed E-state index contributed by atoms with van der Waals surface area (Å²) in [4.78, 5) is 5.55. The van der Waals surface area contributed by atoms with Gasteiger partial charge in [-0.3, -0.25) is 4.99 Å². The van der Waals surface area contributed by atoms with Gasteiger partial charge in [0.25, 0.3) is 0 Å². The number of thioether (sulfide) groups is 1. The van der Waals surface area contributed by atoms with Crippen LogP contribution in [-0.2, 0) is 6.42 Å². The van der Waals surface area contributed by atoms with Gasteiger partial charge in [-0.1, -0.05) is 11.6 Å². The maximum Gasteiger partial charge on any atom is 0.191 e. The molecule has 1 aromatic heterocycles. The average molecular weight is 446 g/mol. The molecule has 20 heavy (non-hydrogen) atoms. The molecule has 1 aliphatic rings. The van der Waals surface area contributed by atoms with E-state index in [1.54, 1.807) is 11.3 Å². The minimum absolute atomic E-state index is 0. The van der Waals surface area contributed by atoms with Gasteiger partial charge in [0.2, 0.25) is 0 Å². The predicted molar refractivity (Wildman–Crippen MR) is 103 cm³/mol. The molecule has 0 saturated carbocycles.